The molecule has 0 aromatic heterocycles. The van der Waals surface area contributed by atoms with E-state index in [2.05, 4.69) is 0 Å². The number of halogens is 1. The first kappa shape index (κ1) is 11.8. The van der Waals surface area contributed by atoms with Crippen LogP contribution in [0.1, 0.15) is 0 Å². The van der Waals surface area contributed by atoms with Gasteiger partial charge in [-0.05, 0) is 12.1 Å². The molecule has 0 saturated carbocycles. The molecule has 1 rings (SSSR count). The molecule has 0 bridgehead atoms. The summed E-state index contributed by atoms with van der Waals surface area (Å²) in [6.45, 7) is 0. The lowest BCUT2D eigenvalue weighted by Gasteiger charge is -1.82. The molecular weight excluding hydrogens is 148 g/mol. The zero-order valence-corrected chi connectivity index (χ0v) is 5.06. The summed E-state index contributed by atoms with van der Waals surface area (Å²) in [6.07, 6.45) is 0. The molecule has 0 aliphatic rings. The molecule has 0 amide bonds. The maximum absolute atomic E-state index is 8.63. The van der Waals surface area contributed by atoms with Crippen molar-refractivity contribution in [2.24, 2.45) is 0 Å². The van der Waals surface area contributed by atoms with Gasteiger partial charge in [-0.3, -0.25) is 0 Å². The van der Waals surface area contributed by atoms with Gasteiger partial charge in [-0.15, -0.1) is 12.4 Å². The number of rotatable bonds is 0. The minimum atomic E-state index is 0. The Kier molecular flexibility index (Phi) is 8.14. The van der Waals surface area contributed by atoms with Gasteiger partial charge < -0.3 is 5.11 Å². The molecule has 0 unspecified atom stereocenters. The van der Waals surface area contributed by atoms with E-state index in [4.69, 9.17) is 5.11 Å². The Bertz CT molecular complexity index is 143. The van der Waals surface area contributed by atoms with Gasteiger partial charge in [0.15, 0.2) is 0 Å². The van der Waals surface area contributed by atoms with Crippen LogP contribution in [0.4, 0.5) is 0 Å². The molecule has 0 saturated heterocycles. The average Bonchev–Trinajstić information content (AvgIpc) is 1.69. The third-order valence-corrected chi connectivity index (χ3v) is 0.756. The second-order valence-electron chi connectivity index (χ2n) is 1.34. The summed E-state index contributed by atoms with van der Waals surface area (Å²) in [6, 6.07) is 8.71. The van der Waals surface area contributed by atoms with Gasteiger partial charge in [0.1, 0.15) is 5.75 Å². The summed E-state index contributed by atoms with van der Waals surface area (Å²) in [7, 11) is 0. The molecule has 9 heavy (non-hydrogen) atoms. The maximum Gasteiger partial charge on any atom is 0.316 e. The molecule has 0 aliphatic carbocycles. The van der Waals surface area contributed by atoms with Crippen molar-refractivity contribution in [2.45, 2.75) is 0 Å². The number of aromatic hydroxyl groups is 1. The van der Waals surface area contributed by atoms with Crippen LogP contribution >= 0.6 is 12.4 Å². The Morgan fingerprint density at radius 1 is 1.00 bits per heavy atom. The highest BCUT2D eigenvalue weighted by Crippen LogP contribution is 2.02. The van der Waals surface area contributed by atoms with E-state index in [9.17, 15) is 0 Å². The predicted molar refractivity (Wildman–Crippen MR) is 43.9 cm³/mol. The second-order valence-corrected chi connectivity index (χ2v) is 1.34. The van der Waals surface area contributed by atoms with Crippen molar-refractivity contribution in [3.63, 3.8) is 0 Å². The van der Waals surface area contributed by atoms with Crippen molar-refractivity contribution < 1.29 is 5.11 Å². The Balaban J connectivity index is 0. The molecule has 0 aliphatic heterocycles. The minimum Gasteiger partial charge on any atom is -0.508 e. The summed E-state index contributed by atoms with van der Waals surface area (Å²) in [5.74, 6) is 0.322. The molecule has 0 spiro atoms. The Hall–Kier alpha value is 0.0762. The highest BCUT2D eigenvalue weighted by Gasteiger charge is 1.74. The second kappa shape index (κ2) is 6.20. The highest BCUT2D eigenvalue weighted by atomic mass is 35.5. The van der Waals surface area contributed by atoms with E-state index < -0.39 is 0 Å². The fraction of sp³-hybridized carbons (Fsp3) is 0. The van der Waals surface area contributed by atoms with E-state index in [1.165, 1.54) is 0 Å². The number of phenols is 1. The first-order chi connectivity index (χ1) is 3.39. The smallest absolute Gasteiger partial charge is 0.316 e. The minimum absolute atomic E-state index is 0. The van der Waals surface area contributed by atoms with Crippen LogP contribution in [0.2, 0.25) is 0 Å². The van der Waals surface area contributed by atoms with Crippen molar-refractivity contribution in [3.05, 3.63) is 30.3 Å². The van der Waals surface area contributed by atoms with E-state index in [1.54, 1.807) is 24.3 Å². The molecule has 1 nitrogen and oxygen atoms in total. The van der Waals surface area contributed by atoms with Crippen molar-refractivity contribution >= 4 is 35.5 Å². The van der Waals surface area contributed by atoms with Crippen LogP contribution in [0, 0.1) is 0 Å². The molecule has 1 aromatic rings. The molecule has 0 fully saturated rings. The largest absolute Gasteiger partial charge is 0.508 e. The average molecular weight is 157 g/mol. The summed E-state index contributed by atoms with van der Waals surface area (Å²) in [4.78, 5) is 0. The number of para-hydroxylation sites is 1. The van der Waals surface area contributed by atoms with Crippen molar-refractivity contribution in [1.29, 1.82) is 0 Å². The fourth-order valence-corrected chi connectivity index (χ4v) is 0.428. The summed E-state index contributed by atoms with van der Waals surface area (Å²) in [5, 5.41) is 8.63. The summed E-state index contributed by atoms with van der Waals surface area (Å²) in [5.41, 5.74) is 0. The van der Waals surface area contributed by atoms with Gasteiger partial charge in [0.05, 0.1) is 0 Å². The molecule has 3 heteroatoms. The van der Waals surface area contributed by atoms with Gasteiger partial charge in [-0.25, -0.2) is 0 Å². The normalized spacial score (nSPS) is 6.67. The SMILES string of the molecule is Cl.Oc1ccccc1.[MgH2]. The third kappa shape index (κ3) is 4.57. The molecular formula is C6H9ClMgO. The number of phenolic OH excluding ortho intramolecular Hbond substituents is 1. The van der Waals surface area contributed by atoms with Crippen molar-refractivity contribution in [1.82, 2.24) is 0 Å². The Labute approximate surface area is 76.6 Å². The predicted octanol–water partition coefficient (Wildman–Crippen LogP) is 0.898. The monoisotopic (exact) mass is 156 g/mol. The molecule has 48 valence electrons. The van der Waals surface area contributed by atoms with Gasteiger partial charge in [0.25, 0.3) is 0 Å². The van der Waals surface area contributed by atoms with Crippen LogP contribution in [0.15, 0.2) is 30.3 Å². The van der Waals surface area contributed by atoms with Crippen molar-refractivity contribution in [2.75, 3.05) is 0 Å². The quantitative estimate of drug-likeness (QED) is 0.554. The van der Waals surface area contributed by atoms with E-state index >= 15 is 0 Å². The zero-order chi connectivity index (χ0) is 5.11. The van der Waals surface area contributed by atoms with Gasteiger partial charge >= 0.3 is 23.1 Å². The van der Waals surface area contributed by atoms with Crippen LogP contribution in [0.3, 0.4) is 0 Å². The lowest BCUT2D eigenvalue weighted by Crippen LogP contribution is -1.56. The van der Waals surface area contributed by atoms with E-state index in [0.717, 1.165) is 0 Å². The zero-order valence-electron chi connectivity index (χ0n) is 4.24. The highest BCUT2D eigenvalue weighted by molar-refractivity contribution is 5.85. The van der Waals surface area contributed by atoms with Crippen LogP contribution in [-0.2, 0) is 0 Å². The summed E-state index contributed by atoms with van der Waals surface area (Å²) < 4.78 is 0. The summed E-state index contributed by atoms with van der Waals surface area (Å²) >= 11 is 0. The van der Waals surface area contributed by atoms with Gasteiger partial charge in [0, 0.05) is 0 Å². The third-order valence-electron chi connectivity index (χ3n) is 0.756. The van der Waals surface area contributed by atoms with Crippen LogP contribution in [-0.4, -0.2) is 28.2 Å². The van der Waals surface area contributed by atoms with E-state index in [0.29, 0.717) is 5.75 Å². The lowest BCUT2D eigenvalue weighted by molar-refractivity contribution is 0.475. The molecule has 1 N–H and O–H groups in total. The molecule has 0 heterocycles. The van der Waals surface area contributed by atoms with E-state index in [1.807, 2.05) is 6.07 Å². The topological polar surface area (TPSA) is 20.2 Å². The molecule has 1 aromatic carbocycles. The standard InChI is InChI=1S/C6H6O.ClH.Mg.2H/c7-6-4-2-1-3-5-6;;;;/h1-5,7H;1H;;;. The molecule has 0 atom stereocenters. The number of benzene rings is 1. The number of hydrogen-bond donors (Lipinski definition) is 1. The fourth-order valence-electron chi connectivity index (χ4n) is 0.428. The van der Waals surface area contributed by atoms with Crippen LogP contribution < -0.4 is 0 Å². The maximum atomic E-state index is 8.63. The Morgan fingerprint density at radius 3 is 1.67 bits per heavy atom. The first-order valence-electron chi connectivity index (χ1n) is 2.13. The van der Waals surface area contributed by atoms with Gasteiger partial charge in [-0.2, -0.15) is 0 Å². The molecule has 0 radical (unpaired) electrons. The van der Waals surface area contributed by atoms with Crippen LogP contribution in [0.25, 0.3) is 0 Å². The first-order valence-corrected chi connectivity index (χ1v) is 2.13. The lowest BCUT2D eigenvalue weighted by atomic mass is 10.3. The van der Waals surface area contributed by atoms with Crippen LogP contribution in [0.5, 0.6) is 5.75 Å². The number of hydrogen-bond acceptors (Lipinski definition) is 1. The Morgan fingerprint density at radius 2 is 1.44 bits per heavy atom. The van der Waals surface area contributed by atoms with Gasteiger partial charge in [0.2, 0.25) is 0 Å². The van der Waals surface area contributed by atoms with Gasteiger partial charge in [-0.1, -0.05) is 18.2 Å². The van der Waals surface area contributed by atoms with E-state index in [-0.39, 0.29) is 35.5 Å². The van der Waals surface area contributed by atoms with Crippen molar-refractivity contribution in [3.8, 4) is 5.75 Å².